The first-order chi connectivity index (χ1) is 9.54. The first-order valence-corrected chi connectivity index (χ1v) is 7.57. The Morgan fingerprint density at radius 2 is 2.20 bits per heavy atom. The van der Waals surface area contributed by atoms with Gasteiger partial charge in [0.1, 0.15) is 5.82 Å². The lowest BCUT2D eigenvalue weighted by Gasteiger charge is -2.43. The minimum Gasteiger partial charge on any atom is -0.377 e. The maximum atomic E-state index is 5.58. The number of aromatic nitrogens is 1. The van der Waals surface area contributed by atoms with E-state index in [0.717, 1.165) is 50.8 Å². The van der Waals surface area contributed by atoms with Crippen molar-refractivity contribution in [1.82, 2.24) is 10.3 Å². The molecule has 1 aliphatic heterocycles. The summed E-state index contributed by atoms with van der Waals surface area (Å²) in [4.78, 5) is 7.16. The molecule has 20 heavy (non-hydrogen) atoms. The van der Waals surface area contributed by atoms with Crippen LogP contribution in [0.25, 0.3) is 0 Å². The summed E-state index contributed by atoms with van der Waals surface area (Å²) in [6.07, 6.45) is 1.16. The first kappa shape index (κ1) is 15.3. The molecule has 112 valence electrons. The molecule has 4 heteroatoms. The molecule has 0 saturated carbocycles. The Bertz CT molecular complexity index is 445. The highest BCUT2D eigenvalue weighted by molar-refractivity contribution is 5.44. The SMILES string of the molecule is CCCNCc1ccc(N2CCOCC2(C)C)nc1C. The number of hydrogen-bond acceptors (Lipinski definition) is 4. The normalized spacial score (nSPS) is 18.3. The van der Waals surface area contributed by atoms with Crippen LogP contribution in [-0.2, 0) is 11.3 Å². The number of nitrogens with zero attached hydrogens (tertiary/aromatic N) is 2. The average molecular weight is 277 g/mol. The van der Waals surface area contributed by atoms with Gasteiger partial charge < -0.3 is 15.0 Å². The highest BCUT2D eigenvalue weighted by Gasteiger charge is 2.31. The molecule has 0 aliphatic carbocycles. The first-order valence-electron chi connectivity index (χ1n) is 7.57. The van der Waals surface area contributed by atoms with Gasteiger partial charge in [-0.15, -0.1) is 0 Å². The number of aryl methyl sites for hydroxylation is 1. The van der Waals surface area contributed by atoms with Gasteiger partial charge in [0.05, 0.1) is 18.8 Å². The fraction of sp³-hybridized carbons (Fsp3) is 0.688. The van der Waals surface area contributed by atoms with Gasteiger partial charge in [0, 0.05) is 18.8 Å². The molecule has 1 saturated heterocycles. The van der Waals surface area contributed by atoms with Gasteiger partial charge >= 0.3 is 0 Å². The zero-order valence-corrected chi connectivity index (χ0v) is 13.2. The van der Waals surface area contributed by atoms with Crippen LogP contribution in [-0.4, -0.2) is 36.8 Å². The van der Waals surface area contributed by atoms with Crippen LogP contribution < -0.4 is 10.2 Å². The van der Waals surface area contributed by atoms with E-state index in [1.807, 2.05) is 0 Å². The van der Waals surface area contributed by atoms with Gasteiger partial charge in [0.15, 0.2) is 0 Å². The number of hydrogen-bond donors (Lipinski definition) is 1. The molecule has 0 radical (unpaired) electrons. The van der Waals surface area contributed by atoms with Crippen LogP contribution in [0.4, 0.5) is 5.82 Å². The molecular formula is C16H27N3O. The second-order valence-electron chi connectivity index (χ2n) is 6.11. The summed E-state index contributed by atoms with van der Waals surface area (Å²) in [5.41, 5.74) is 2.42. The van der Waals surface area contributed by atoms with Crippen LogP contribution in [0.3, 0.4) is 0 Å². The Balaban J connectivity index is 2.11. The predicted molar refractivity (Wildman–Crippen MR) is 83.2 cm³/mol. The highest BCUT2D eigenvalue weighted by Crippen LogP contribution is 2.26. The summed E-state index contributed by atoms with van der Waals surface area (Å²) >= 11 is 0. The third-order valence-corrected chi connectivity index (χ3v) is 3.84. The summed E-state index contributed by atoms with van der Waals surface area (Å²) in [6.45, 7) is 13.1. The van der Waals surface area contributed by atoms with E-state index in [2.05, 4.69) is 50.0 Å². The number of ether oxygens (including phenoxy) is 1. The summed E-state index contributed by atoms with van der Waals surface area (Å²) in [7, 11) is 0. The lowest BCUT2D eigenvalue weighted by molar-refractivity contribution is 0.0639. The van der Waals surface area contributed by atoms with E-state index in [9.17, 15) is 0 Å². The van der Waals surface area contributed by atoms with E-state index in [0.29, 0.717) is 0 Å². The molecule has 0 amide bonds. The average Bonchev–Trinajstić information content (AvgIpc) is 2.40. The molecule has 0 bridgehead atoms. The van der Waals surface area contributed by atoms with Crippen LogP contribution in [0.15, 0.2) is 12.1 Å². The Morgan fingerprint density at radius 1 is 1.40 bits per heavy atom. The number of morpholine rings is 1. The van der Waals surface area contributed by atoms with Gasteiger partial charge in [-0.2, -0.15) is 0 Å². The smallest absolute Gasteiger partial charge is 0.129 e. The van der Waals surface area contributed by atoms with Crippen LogP contribution >= 0.6 is 0 Å². The zero-order chi connectivity index (χ0) is 14.6. The number of rotatable bonds is 5. The molecule has 2 rings (SSSR count). The molecule has 0 atom stereocenters. The standard InChI is InChI=1S/C16H27N3O/c1-5-8-17-11-14-6-7-15(18-13(14)2)19-9-10-20-12-16(19,3)4/h6-7,17H,5,8-12H2,1-4H3. The van der Waals surface area contributed by atoms with Crippen molar-refractivity contribution in [3.63, 3.8) is 0 Å². The van der Waals surface area contributed by atoms with Crippen molar-refractivity contribution >= 4 is 5.82 Å². The number of pyridine rings is 1. The third kappa shape index (κ3) is 3.49. The lowest BCUT2D eigenvalue weighted by atomic mass is 10.0. The molecule has 1 aliphatic rings. The predicted octanol–water partition coefficient (Wildman–Crippen LogP) is 2.50. The fourth-order valence-electron chi connectivity index (χ4n) is 2.60. The van der Waals surface area contributed by atoms with Crippen LogP contribution in [0.2, 0.25) is 0 Å². The molecule has 0 unspecified atom stereocenters. The van der Waals surface area contributed by atoms with Gasteiger partial charge in [-0.05, 0) is 45.4 Å². The molecule has 1 fully saturated rings. The summed E-state index contributed by atoms with van der Waals surface area (Å²) in [6, 6.07) is 4.34. The fourth-order valence-corrected chi connectivity index (χ4v) is 2.60. The monoisotopic (exact) mass is 277 g/mol. The van der Waals surface area contributed by atoms with E-state index >= 15 is 0 Å². The van der Waals surface area contributed by atoms with Crippen LogP contribution in [0, 0.1) is 6.92 Å². The van der Waals surface area contributed by atoms with E-state index in [-0.39, 0.29) is 5.54 Å². The maximum Gasteiger partial charge on any atom is 0.129 e. The van der Waals surface area contributed by atoms with Crippen molar-refractivity contribution in [2.75, 3.05) is 31.2 Å². The van der Waals surface area contributed by atoms with E-state index in [1.165, 1.54) is 5.56 Å². The van der Waals surface area contributed by atoms with Crippen LogP contribution in [0.1, 0.15) is 38.4 Å². The maximum absolute atomic E-state index is 5.58. The molecule has 1 aromatic rings. The highest BCUT2D eigenvalue weighted by atomic mass is 16.5. The van der Waals surface area contributed by atoms with Crippen molar-refractivity contribution < 1.29 is 4.74 Å². The Hall–Kier alpha value is -1.13. The lowest BCUT2D eigenvalue weighted by Crippen LogP contribution is -2.53. The van der Waals surface area contributed by atoms with E-state index in [1.54, 1.807) is 0 Å². The minimum atomic E-state index is 0.0136. The van der Waals surface area contributed by atoms with Crippen molar-refractivity contribution in [1.29, 1.82) is 0 Å². The second kappa shape index (κ2) is 6.55. The molecular weight excluding hydrogens is 250 g/mol. The Morgan fingerprint density at radius 3 is 2.85 bits per heavy atom. The Kier molecular flexibility index (Phi) is 5.00. The minimum absolute atomic E-state index is 0.0136. The van der Waals surface area contributed by atoms with Gasteiger partial charge in [-0.3, -0.25) is 0 Å². The van der Waals surface area contributed by atoms with Crippen molar-refractivity contribution in [2.45, 2.75) is 46.2 Å². The zero-order valence-electron chi connectivity index (χ0n) is 13.2. The quantitative estimate of drug-likeness (QED) is 0.839. The molecule has 4 nitrogen and oxygen atoms in total. The molecule has 0 spiro atoms. The van der Waals surface area contributed by atoms with E-state index in [4.69, 9.17) is 9.72 Å². The molecule has 0 aromatic carbocycles. The third-order valence-electron chi connectivity index (χ3n) is 3.84. The summed E-state index contributed by atoms with van der Waals surface area (Å²) in [5, 5.41) is 3.43. The topological polar surface area (TPSA) is 37.4 Å². The van der Waals surface area contributed by atoms with E-state index < -0.39 is 0 Å². The van der Waals surface area contributed by atoms with Gasteiger partial charge in [-0.25, -0.2) is 4.98 Å². The van der Waals surface area contributed by atoms with Gasteiger partial charge in [-0.1, -0.05) is 13.0 Å². The van der Waals surface area contributed by atoms with Crippen LogP contribution in [0.5, 0.6) is 0 Å². The largest absolute Gasteiger partial charge is 0.377 e. The summed E-state index contributed by atoms with van der Waals surface area (Å²) in [5.74, 6) is 1.06. The second-order valence-corrected chi connectivity index (χ2v) is 6.11. The van der Waals surface area contributed by atoms with Crippen molar-refractivity contribution in [3.05, 3.63) is 23.4 Å². The molecule has 2 heterocycles. The van der Waals surface area contributed by atoms with Crippen molar-refractivity contribution in [3.8, 4) is 0 Å². The van der Waals surface area contributed by atoms with Gasteiger partial charge in [0.25, 0.3) is 0 Å². The number of anilines is 1. The molecule has 1 aromatic heterocycles. The summed E-state index contributed by atoms with van der Waals surface area (Å²) < 4.78 is 5.58. The van der Waals surface area contributed by atoms with Crippen molar-refractivity contribution in [2.24, 2.45) is 0 Å². The Labute approximate surface area is 122 Å². The number of nitrogens with one attached hydrogen (secondary N) is 1. The molecule has 1 N–H and O–H groups in total. The van der Waals surface area contributed by atoms with Gasteiger partial charge in [0.2, 0.25) is 0 Å².